The summed E-state index contributed by atoms with van der Waals surface area (Å²) in [6.45, 7) is 5.30. The molecule has 17 heavy (non-hydrogen) atoms. The summed E-state index contributed by atoms with van der Waals surface area (Å²) in [5.41, 5.74) is 4.09. The van der Waals surface area contributed by atoms with Gasteiger partial charge >= 0.3 is 0 Å². The van der Waals surface area contributed by atoms with Gasteiger partial charge in [-0.05, 0) is 53.4 Å². The van der Waals surface area contributed by atoms with Gasteiger partial charge in [-0.3, -0.25) is 0 Å². The number of hydrogen-bond acceptors (Lipinski definition) is 2. The molecule has 1 unspecified atom stereocenters. The molecule has 0 fully saturated rings. The number of rotatable bonds is 4. The minimum absolute atomic E-state index is 0.367. The molecule has 90 valence electrons. The molecule has 0 aliphatic rings. The SMILES string of the molecule is Cc1cscc1CNC(C)c1cccc(Br)c1. The van der Waals surface area contributed by atoms with Crippen LogP contribution in [0.3, 0.4) is 0 Å². The Morgan fingerprint density at radius 3 is 2.82 bits per heavy atom. The van der Waals surface area contributed by atoms with Gasteiger partial charge in [0.1, 0.15) is 0 Å². The van der Waals surface area contributed by atoms with Crippen molar-refractivity contribution in [2.45, 2.75) is 26.4 Å². The van der Waals surface area contributed by atoms with Gasteiger partial charge in [-0.15, -0.1) is 0 Å². The first-order chi connectivity index (χ1) is 8.16. The Hall–Kier alpha value is -0.640. The minimum Gasteiger partial charge on any atom is -0.306 e. The molecule has 0 radical (unpaired) electrons. The molecule has 1 nitrogen and oxygen atoms in total. The smallest absolute Gasteiger partial charge is 0.0295 e. The van der Waals surface area contributed by atoms with Crippen molar-refractivity contribution in [3.63, 3.8) is 0 Å². The van der Waals surface area contributed by atoms with Crippen molar-refractivity contribution in [3.05, 3.63) is 56.2 Å². The topological polar surface area (TPSA) is 12.0 Å². The molecule has 0 spiro atoms. The van der Waals surface area contributed by atoms with E-state index in [4.69, 9.17) is 0 Å². The van der Waals surface area contributed by atoms with E-state index in [2.05, 4.69) is 70.1 Å². The summed E-state index contributed by atoms with van der Waals surface area (Å²) in [6.07, 6.45) is 0. The van der Waals surface area contributed by atoms with Crippen LogP contribution in [0.15, 0.2) is 39.5 Å². The summed E-state index contributed by atoms with van der Waals surface area (Å²) in [5.74, 6) is 0. The predicted molar refractivity (Wildman–Crippen MR) is 78.5 cm³/mol. The van der Waals surface area contributed by atoms with Crippen molar-refractivity contribution in [2.24, 2.45) is 0 Å². The van der Waals surface area contributed by atoms with E-state index in [9.17, 15) is 0 Å². The standard InChI is InChI=1S/C14H16BrNS/c1-10-8-17-9-13(10)7-16-11(2)12-4-3-5-14(15)6-12/h3-6,8-9,11,16H,7H2,1-2H3. The van der Waals surface area contributed by atoms with Crippen molar-refractivity contribution in [1.82, 2.24) is 5.32 Å². The predicted octanol–water partition coefficient (Wildman–Crippen LogP) is 4.67. The molecular weight excluding hydrogens is 294 g/mol. The van der Waals surface area contributed by atoms with Crippen LogP contribution in [0.2, 0.25) is 0 Å². The van der Waals surface area contributed by atoms with E-state index in [-0.39, 0.29) is 0 Å². The van der Waals surface area contributed by atoms with E-state index in [0.29, 0.717) is 6.04 Å². The Bertz CT molecular complexity index is 492. The van der Waals surface area contributed by atoms with E-state index >= 15 is 0 Å². The van der Waals surface area contributed by atoms with Gasteiger partial charge in [-0.2, -0.15) is 11.3 Å². The molecule has 2 aromatic rings. The van der Waals surface area contributed by atoms with Crippen LogP contribution < -0.4 is 5.32 Å². The molecule has 0 aliphatic heterocycles. The lowest BCUT2D eigenvalue weighted by atomic mass is 10.1. The molecule has 0 aliphatic carbocycles. The third-order valence-electron chi connectivity index (χ3n) is 2.91. The highest BCUT2D eigenvalue weighted by atomic mass is 79.9. The maximum absolute atomic E-state index is 3.56. The van der Waals surface area contributed by atoms with Gasteiger partial charge in [0.15, 0.2) is 0 Å². The first-order valence-electron chi connectivity index (χ1n) is 5.67. The Labute approximate surface area is 115 Å². The molecule has 0 amide bonds. The van der Waals surface area contributed by atoms with Crippen molar-refractivity contribution in [3.8, 4) is 0 Å². The molecule has 1 aromatic carbocycles. The lowest BCUT2D eigenvalue weighted by Crippen LogP contribution is -2.18. The van der Waals surface area contributed by atoms with E-state index in [0.717, 1.165) is 11.0 Å². The third kappa shape index (κ3) is 3.41. The van der Waals surface area contributed by atoms with Crippen molar-refractivity contribution < 1.29 is 0 Å². The Morgan fingerprint density at radius 2 is 2.18 bits per heavy atom. The number of halogens is 1. The zero-order valence-electron chi connectivity index (χ0n) is 10.0. The van der Waals surface area contributed by atoms with Gasteiger partial charge in [-0.25, -0.2) is 0 Å². The van der Waals surface area contributed by atoms with Crippen LogP contribution in [0, 0.1) is 6.92 Å². The van der Waals surface area contributed by atoms with E-state index in [1.165, 1.54) is 16.7 Å². The minimum atomic E-state index is 0.367. The average molecular weight is 310 g/mol. The lowest BCUT2D eigenvalue weighted by molar-refractivity contribution is 0.574. The molecule has 2 rings (SSSR count). The van der Waals surface area contributed by atoms with E-state index in [1.54, 1.807) is 11.3 Å². The van der Waals surface area contributed by atoms with Gasteiger partial charge < -0.3 is 5.32 Å². The van der Waals surface area contributed by atoms with Gasteiger partial charge in [0.05, 0.1) is 0 Å². The zero-order valence-corrected chi connectivity index (χ0v) is 12.4. The van der Waals surface area contributed by atoms with Gasteiger partial charge in [0, 0.05) is 17.1 Å². The summed E-state index contributed by atoms with van der Waals surface area (Å²) in [4.78, 5) is 0. The van der Waals surface area contributed by atoms with Crippen LogP contribution in [0.1, 0.15) is 29.7 Å². The number of aryl methyl sites for hydroxylation is 1. The highest BCUT2D eigenvalue weighted by Gasteiger charge is 2.06. The molecule has 0 bridgehead atoms. The summed E-state index contributed by atoms with van der Waals surface area (Å²) in [5, 5.41) is 7.97. The number of thiophene rings is 1. The molecule has 0 saturated heterocycles. The molecule has 1 atom stereocenters. The van der Waals surface area contributed by atoms with Crippen molar-refractivity contribution >= 4 is 27.3 Å². The zero-order chi connectivity index (χ0) is 12.3. The van der Waals surface area contributed by atoms with Crippen LogP contribution in [0.25, 0.3) is 0 Å². The quantitative estimate of drug-likeness (QED) is 0.865. The van der Waals surface area contributed by atoms with Crippen LogP contribution >= 0.6 is 27.3 Å². The Balaban J connectivity index is 1.98. The Morgan fingerprint density at radius 1 is 1.35 bits per heavy atom. The van der Waals surface area contributed by atoms with Crippen LogP contribution in [0.4, 0.5) is 0 Å². The largest absolute Gasteiger partial charge is 0.306 e. The second-order valence-electron chi connectivity index (χ2n) is 4.24. The normalized spacial score (nSPS) is 12.6. The first kappa shape index (κ1) is 12.8. The fraction of sp³-hybridized carbons (Fsp3) is 0.286. The second-order valence-corrected chi connectivity index (χ2v) is 5.90. The van der Waals surface area contributed by atoms with Crippen molar-refractivity contribution in [2.75, 3.05) is 0 Å². The third-order valence-corrected chi connectivity index (χ3v) is 4.31. The number of benzene rings is 1. The van der Waals surface area contributed by atoms with Crippen LogP contribution in [0.5, 0.6) is 0 Å². The summed E-state index contributed by atoms with van der Waals surface area (Å²) < 4.78 is 1.13. The summed E-state index contributed by atoms with van der Waals surface area (Å²) in [7, 11) is 0. The Kier molecular flexibility index (Phi) is 4.37. The monoisotopic (exact) mass is 309 g/mol. The highest BCUT2D eigenvalue weighted by Crippen LogP contribution is 2.19. The highest BCUT2D eigenvalue weighted by molar-refractivity contribution is 9.10. The van der Waals surface area contributed by atoms with E-state index < -0.39 is 0 Å². The fourth-order valence-electron chi connectivity index (χ4n) is 1.72. The maximum Gasteiger partial charge on any atom is 0.0295 e. The average Bonchev–Trinajstić information content (AvgIpc) is 2.72. The second kappa shape index (κ2) is 5.80. The molecule has 3 heteroatoms. The number of hydrogen-bond donors (Lipinski definition) is 1. The number of nitrogens with one attached hydrogen (secondary N) is 1. The molecule has 1 aromatic heterocycles. The fourth-order valence-corrected chi connectivity index (χ4v) is 3.00. The van der Waals surface area contributed by atoms with Gasteiger partial charge in [-0.1, -0.05) is 28.1 Å². The molecule has 1 heterocycles. The summed E-state index contributed by atoms with van der Waals surface area (Å²) >= 11 is 5.27. The van der Waals surface area contributed by atoms with Gasteiger partial charge in [0.25, 0.3) is 0 Å². The van der Waals surface area contributed by atoms with Crippen LogP contribution in [-0.4, -0.2) is 0 Å². The van der Waals surface area contributed by atoms with Crippen LogP contribution in [-0.2, 0) is 6.54 Å². The molecule has 0 saturated carbocycles. The van der Waals surface area contributed by atoms with E-state index in [1.807, 2.05) is 0 Å². The lowest BCUT2D eigenvalue weighted by Gasteiger charge is -2.14. The maximum atomic E-state index is 3.56. The molecule has 1 N–H and O–H groups in total. The van der Waals surface area contributed by atoms with Crippen molar-refractivity contribution in [1.29, 1.82) is 0 Å². The van der Waals surface area contributed by atoms with Gasteiger partial charge in [0.2, 0.25) is 0 Å². The summed E-state index contributed by atoms with van der Waals surface area (Å²) in [6, 6.07) is 8.82. The molecular formula is C14H16BrNS. The first-order valence-corrected chi connectivity index (χ1v) is 7.41.